The maximum absolute atomic E-state index is 3.48. The zero-order chi connectivity index (χ0) is 12.0. The van der Waals surface area contributed by atoms with Crippen molar-refractivity contribution in [1.82, 2.24) is 5.32 Å². The molecule has 0 radical (unpaired) electrons. The summed E-state index contributed by atoms with van der Waals surface area (Å²) >= 11 is 0. The second-order valence-electron chi connectivity index (χ2n) is 4.60. The summed E-state index contributed by atoms with van der Waals surface area (Å²) in [6, 6.07) is 9.32. The van der Waals surface area contributed by atoms with Gasteiger partial charge in [-0.2, -0.15) is 0 Å². The summed E-state index contributed by atoms with van der Waals surface area (Å²) in [6.07, 6.45) is 3.66. The lowest BCUT2D eigenvalue weighted by Gasteiger charge is -2.25. The highest BCUT2D eigenvalue weighted by atomic mass is 14.9. The van der Waals surface area contributed by atoms with Gasteiger partial charge in [0.05, 0.1) is 0 Å². The molecule has 1 unspecified atom stereocenters. The van der Waals surface area contributed by atoms with Crippen LogP contribution in [0.4, 0.5) is 0 Å². The molecule has 0 bridgehead atoms. The Morgan fingerprint density at radius 2 is 1.75 bits per heavy atom. The second-order valence-corrected chi connectivity index (χ2v) is 4.60. The van der Waals surface area contributed by atoms with Gasteiger partial charge >= 0.3 is 0 Å². The van der Waals surface area contributed by atoms with Gasteiger partial charge in [-0.05, 0) is 37.4 Å². The minimum atomic E-state index is 0.607. The molecule has 0 heterocycles. The Hall–Kier alpha value is -0.820. The highest BCUT2D eigenvalue weighted by Crippen LogP contribution is 2.18. The van der Waals surface area contributed by atoms with E-state index in [1.54, 1.807) is 0 Å². The van der Waals surface area contributed by atoms with Gasteiger partial charge in [0.2, 0.25) is 0 Å². The summed E-state index contributed by atoms with van der Waals surface area (Å²) < 4.78 is 0. The van der Waals surface area contributed by atoms with Crippen molar-refractivity contribution in [3.63, 3.8) is 0 Å². The van der Waals surface area contributed by atoms with Gasteiger partial charge in [0.25, 0.3) is 0 Å². The van der Waals surface area contributed by atoms with Crippen molar-refractivity contribution in [2.75, 3.05) is 7.05 Å². The Labute approximate surface area is 100 Å². The SMILES string of the molecule is CCC(CC)C(Cc1ccccc1C)NC. The van der Waals surface area contributed by atoms with Crippen LogP contribution in [-0.4, -0.2) is 13.1 Å². The number of benzene rings is 1. The lowest BCUT2D eigenvalue weighted by Crippen LogP contribution is -2.35. The molecular formula is C15H25N. The highest BCUT2D eigenvalue weighted by Gasteiger charge is 2.17. The molecule has 1 aromatic rings. The predicted molar refractivity (Wildman–Crippen MR) is 71.8 cm³/mol. The van der Waals surface area contributed by atoms with Crippen LogP contribution in [0.5, 0.6) is 0 Å². The van der Waals surface area contributed by atoms with Gasteiger partial charge in [0.15, 0.2) is 0 Å². The topological polar surface area (TPSA) is 12.0 Å². The summed E-state index contributed by atoms with van der Waals surface area (Å²) in [7, 11) is 2.08. The van der Waals surface area contributed by atoms with E-state index in [1.165, 1.54) is 24.0 Å². The largest absolute Gasteiger partial charge is 0.316 e. The maximum atomic E-state index is 3.48. The van der Waals surface area contributed by atoms with Crippen LogP contribution in [0.25, 0.3) is 0 Å². The molecule has 0 aliphatic carbocycles. The molecule has 0 aliphatic rings. The zero-order valence-electron chi connectivity index (χ0n) is 11.1. The van der Waals surface area contributed by atoms with Crippen LogP contribution in [-0.2, 0) is 6.42 Å². The third kappa shape index (κ3) is 3.34. The number of nitrogens with one attached hydrogen (secondary N) is 1. The molecule has 0 fully saturated rings. The monoisotopic (exact) mass is 219 g/mol. The first-order valence-corrected chi connectivity index (χ1v) is 6.44. The normalized spacial score (nSPS) is 13.1. The third-order valence-corrected chi connectivity index (χ3v) is 3.69. The van der Waals surface area contributed by atoms with E-state index in [1.807, 2.05) is 0 Å². The van der Waals surface area contributed by atoms with Crippen LogP contribution in [0.1, 0.15) is 37.8 Å². The van der Waals surface area contributed by atoms with Gasteiger partial charge in [-0.15, -0.1) is 0 Å². The summed E-state index contributed by atoms with van der Waals surface area (Å²) in [5.41, 5.74) is 2.89. The predicted octanol–water partition coefficient (Wildman–Crippen LogP) is 3.56. The van der Waals surface area contributed by atoms with Crippen LogP contribution in [0.3, 0.4) is 0 Å². The van der Waals surface area contributed by atoms with Gasteiger partial charge in [0, 0.05) is 6.04 Å². The molecule has 1 nitrogen and oxygen atoms in total. The van der Waals surface area contributed by atoms with Crippen LogP contribution in [0.2, 0.25) is 0 Å². The molecule has 1 N–H and O–H groups in total. The van der Waals surface area contributed by atoms with E-state index < -0.39 is 0 Å². The molecule has 0 saturated heterocycles. The fourth-order valence-electron chi connectivity index (χ4n) is 2.44. The first kappa shape index (κ1) is 13.2. The molecule has 1 heteroatoms. The molecule has 90 valence electrons. The van der Waals surface area contributed by atoms with Crippen molar-refractivity contribution < 1.29 is 0 Å². The molecule has 1 atom stereocenters. The van der Waals surface area contributed by atoms with Gasteiger partial charge < -0.3 is 5.32 Å². The van der Waals surface area contributed by atoms with E-state index in [-0.39, 0.29) is 0 Å². The quantitative estimate of drug-likeness (QED) is 0.771. The lowest BCUT2D eigenvalue weighted by atomic mass is 9.88. The number of aryl methyl sites for hydroxylation is 1. The van der Waals surface area contributed by atoms with Gasteiger partial charge in [-0.25, -0.2) is 0 Å². The van der Waals surface area contributed by atoms with E-state index in [0.717, 1.165) is 12.3 Å². The molecule has 0 aromatic heterocycles. The Kier molecular flexibility index (Phi) is 5.54. The van der Waals surface area contributed by atoms with Crippen molar-refractivity contribution in [3.05, 3.63) is 35.4 Å². The minimum absolute atomic E-state index is 0.607. The van der Waals surface area contributed by atoms with Gasteiger partial charge in [-0.3, -0.25) is 0 Å². The Morgan fingerprint density at radius 3 is 2.25 bits per heavy atom. The first-order valence-electron chi connectivity index (χ1n) is 6.44. The highest BCUT2D eigenvalue weighted by molar-refractivity contribution is 5.26. The van der Waals surface area contributed by atoms with Crippen molar-refractivity contribution in [2.45, 2.75) is 46.1 Å². The molecule has 0 spiro atoms. The van der Waals surface area contributed by atoms with E-state index >= 15 is 0 Å². The Bertz CT molecular complexity index is 302. The molecule has 1 aromatic carbocycles. The summed E-state index contributed by atoms with van der Waals surface area (Å²) in [5, 5.41) is 3.48. The van der Waals surface area contributed by atoms with E-state index in [4.69, 9.17) is 0 Å². The Morgan fingerprint density at radius 1 is 1.12 bits per heavy atom. The second kappa shape index (κ2) is 6.70. The van der Waals surface area contributed by atoms with Crippen molar-refractivity contribution in [2.24, 2.45) is 5.92 Å². The number of hydrogen-bond donors (Lipinski definition) is 1. The Balaban J connectivity index is 2.73. The molecule has 0 amide bonds. The smallest absolute Gasteiger partial charge is 0.0133 e. The molecule has 16 heavy (non-hydrogen) atoms. The van der Waals surface area contributed by atoms with E-state index in [2.05, 4.69) is 57.4 Å². The number of rotatable bonds is 6. The number of hydrogen-bond acceptors (Lipinski definition) is 1. The van der Waals surface area contributed by atoms with Crippen LogP contribution < -0.4 is 5.32 Å². The zero-order valence-corrected chi connectivity index (χ0v) is 11.1. The maximum Gasteiger partial charge on any atom is 0.0133 e. The summed E-state index contributed by atoms with van der Waals surface area (Å²) in [5.74, 6) is 0.782. The minimum Gasteiger partial charge on any atom is -0.316 e. The average molecular weight is 219 g/mol. The van der Waals surface area contributed by atoms with Crippen LogP contribution >= 0.6 is 0 Å². The summed E-state index contributed by atoms with van der Waals surface area (Å²) in [6.45, 7) is 6.78. The summed E-state index contributed by atoms with van der Waals surface area (Å²) in [4.78, 5) is 0. The standard InChI is InChI=1S/C15H25N/c1-5-13(6-2)15(16-4)11-14-10-8-7-9-12(14)3/h7-10,13,15-16H,5-6,11H2,1-4H3. The third-order valence-electron chi connectivity index (χ3n) is 3.69. The van der Waals surface area contributed by atoms with Crippen LogP contribution in [0, 0.1) is 12.8 Å². The number of likely N-dealkylation sites (N-methyl/N-ethyl adjacent to an activating group) is 1. The first-order chi connectivity index (χ1) is 7.72. The molecular weight excluding hydrogens is 194 g/mol. The van der Waals surface area contributed by atoms with E-state index in [0.29, 0.717) is 6.04 Å². The lowest BCUT2D eigenvalue weighted by molar-refractivity contribution is 0.349. The van der Waals surface area contributed by atoms with Crippen LogP contribution in [0.15, 0.2) is 24.3 Å². The molecule has 1 rings (SSSR count). The van der Waals surface area contributed by atoms with Gasteiger partial charge in [-0.1, -0.05) is 51.0 Å². The van der Waals surface area contributed by atoms with Gasteiger partial charge in [0.1, 0.15) is 0 Å². The average Bonchev–Trinajstić information content (AvgIpc) is 2.31. The molecule has 0 aliphatic heterocycles. The fourth-order valence-corrected chi connectivity index (χ4v) is 2.44. The van der Waals surface area contributed by atoms with Crippen molar-refractivity contribution in [3.8, 4) is 0 Å². The molecule has 0 saturated carbocycles. The fraction of sp³-hybridized carbons (Fsp3) is 0.600. The van der Waals surface area contributed by atoms with Crippen molar-refractivity contribution in [1.29, 1.82) is 0 Å². The van der Waals surface area contributed by atoms with Crippen molar-refractivity contribution >= 4 is 0 Å². The van der Waals surface area contributed by atoms with E-state index in [9.17, 15) is 0 Å².